The summed E-state index contributed by atoms with van der Waals surface area (Å²) in [5.74, 6) is 0.221. The average molecular weight is 305 g/mol. The lowest BCUT2D eigenvalue weighted by Gasteiger charge is -2.04. The highest BCUT2D eigenvalue weighted by Gasteiger charge is 2.12. The number of halogens is 1. The van der Waals surface area contributed by atoms with Gasteiger partial charge in [-0.3, -0.25) is 4.79 Å². The monoisotopic (exact) mass is 304 g/mol. The highest BCUT2D eigenvalue weighted by molar-refractivity contribution is 7.17. The molecular formula is C14H9ClN2O2S. The van der Waals surface area contributed by atoms with Crippen LogP contribution in [0.15, 0.2) is 47.3 Å². The van der Waals surface area contributed by atoms with Crippen LogP contribution in [-0.2, 0) is 0 Å². The molecule has 3 rings (SSSR count). The van der Waals surface area contributed by atoms with Crippen molar-refractivity contribution in [1.29, 1.82) is 0 Å². The number of nitrogens with two attached hydrogens (primary N) is 1. The number of thiophene rings is 1. The van der Waals surface area contributed by atoms with Crippen molar-refractivity contribution in [2.24, 2.45) is 5.73 Å². The van der Waals surface area contributed by atoms with E-state index in [9.17, 15) is 4.79 Å². The number of hydrogen-bond donors (Lipinski definition) is 1. The summed E-state index contributed by atoms with van der Waals surface area (Å²) in [6.07, 6.45) is 3.01. The van der Waals surface area contributed by atoms with E-state index in [1.807, 2.05) is 18.2 Å². The Labute approximate surface area is 123 Å². The Morgan fingerprint density at radius 2 is 2.15 bits per heavy atom. The Morgan fingerprint density at radius 3 is 2.80 bits per heavy atom. The number of primary amides is 1. The Bertz CT molecular complexity index is 765. The van der Waals surface area contributed by atoms with E-state index < -0.39 is 5.91 Å². The molecule has 0 saturated carbocycles. The third kappa shape index (κ3) is 2.33. The van der Waals surface area contributed by atoms with Gasteiger partial charge in [0, 0.05) is 21.0 Å². The van der Waals surface area contributed by atoms with Crippen molar-refractivity contribution in [3.63, 3.8) is 0 Å². The maximum Gasteiger partial charge on any atom is 0.258 e. The quantitative estimate of drug-likeness (QED) is 0.799. The SMILES string of the molecule is NC(=O)c1ccc(-c2cc(-c3cnco3)ccc2Cl)s1. The molecule has 0 unspecified atom stereocenters. The molecular weight excluding hydrogens is 296 g/mol. The minimum atomic E-state index is -0.441. The second kappa shape index (κ2) is 5.11. The van der Waals surface area contributed by atoms with Gasteiger partial charge in [0.15, 0.2) is 12.2 Å². The van der Waals surface area contributed by atoms with Crippen molar-refractivity contribution in [1.82, 2.24) is 4.98 Å². The first kappa shape index (κ1) is 12.9. The smallest absolute Gasteiger partial charge is 0.258 e. The maximum atomic E-state index is 11.2. The number of benzene rings is 1. The van der Waals surface area contributed by atoms with Crippen molar-refractivity contribution >= 4 is 28.8 Å². The summed E-state index contributed by atoms with van der Waals surface area (Å²) in [5, 5.41) is 0.603. The van der Waals surface area contributed by atoms with Gasteiger partial charge in [0.25, 0.3) is 5.91 Å². The maximum absolute atomic E-state index is 11.2. The number of hydrogen-bond acceptors (Lipinski definition) is 4. The van der Waals surface area contributed by atoms with Gasteiger partial charge in [-0.1, -0.05) is 11.6 Å². The summed E-state index contributed by atoms with van der Waals surface area (Å²) >= 11 is 7.53. The summed E-state index contributed by atoms with van der Waals surface area (Å²) in [4.78, 5) is 16.4. The van der Waals surface area contributed by atoms with E-state index in [1.54, 1.807) is 18.3 Å². The molecule has 0 aliphatic rings. The zero-order valence-electron chi connectivity index (χ0n) is 10.2. The van der Waals surface area contributed by atoms with Crippen molar-refractivity contribution < 1.29 is 9.21 Å². The summed E-state index contributed by atoms with van der Waals surface area (Å²) in [7, 11) is 0. The van der Waals surface area contributed by atoms with E-state index in [2.05, 4.69) is 4.98 Å². The molecule has 100 valence electrons. The van der Waals surface area contributed by atoms with Crippen LogP contribution in [0.3, 0.4) is 0 Å². The van der Waals surface area contributed by atoms with Gasteiger partial charge in [0.05, 0.1) is 11.1 Å². The molecule has 1 aromatic carbocycles. The fourth-order valence-electron chi connectivity index (χ4n) is 1.84. The molecule has 0 atom stereocenters. The molecule has 3 aromatic rings. The molecule has 0 saturated heterocycles. The van der Waals surface area contributed by atoms with E-state index >= 15 is 0 Å². The Kier molecular flexibility index (Phi) is 3.30. The molecule has 6 heteroatoms. The van der Waals surface area contributed by atoms with Gasteiger partial charge < -0.3 is 10.2 Å². The summed E-state index contributed by atoms with van der Waals surface area (Å²) < 4.78 is 5.27. The van der Waals surface area contributed by atoms with E-state index in [4.69, 9.17) is 21.8 Å². The normalized spacial score (nSPS) is 10.7. The summed E-state index contributed by atoms with van der Waals surface area (Å²) in [5.41, 5.74) is 6.97. The number of amides is 1. The van der Waals surface area contributed by atoms with Crippen LogP contribution in [0.5, 0.6) is 0 Å². The van der Waals surface area contributed by atoms with E-state index in [0.29, 0.717) is 15.7 Å². The summed E-state index contributed by atoms with van der Waals surface area (Å²) in [6, 6.07) is 9.07. The number of nitrogens with zero attached hydrogens (tertiary/aromatic N) is 1. The molecule has 2 aromatic heterocycles. The Morgan fingerprint density at radius 1 is 1.30 bits per heavy atom. The number of carbonyl (C=O) groups excluding carboxylic acids is 1. The van der Waals surface area contributed by atoms with Crippen LogP contribution < -0.4 is 5.73 Å². The molecule has 2 heterocycles. The second-order valence-electron chi connectivity index (χ2n) is 4.09. The van der Waals surface area contributed by atoms with Gasteiger partial charge in [-0.25, -0.2) is 4.98 Å². The van der Waals surface area contributed by atoms with Gasteiger partial charge in [-0.2, -0.15) is 0 Å². The molecule has 4 nitrogen and oxygen atoms in total. The molecule has 0 bridgehead atoms. The first-order chi connectivity index (χ1) is 9.65. The lowest BCUT2D eigenvalue weighted by atomic mass is 10.1. The minimum absolute atomic E-state index is 0.441. The summed E-state index contributed by atoms with van der Waals surface area (Å²) in [6.45, 7) is 0. The Balaban J connectivity index is 2.08. The van der Waals surface area contributed by atoms with Crippen LogP contribution in [-0.4, -0.2) is 10.9 Å². The van der Waals surface area contributed by atoms with Crippen LogP contribution in [0.25, 0.3) is 21.8 Å². The number of carbonyl (C=O) groups is 1. The van der Waals surface area contributed by atoms with Crippen LogP contribution in [0.4, 0.5) is 0 Å². The van der Waals surface area contributed by atoms with Crippen LogP contribution >= 0.6 is 22.9 Å². The van der Waals surface area contributed by atoms with Crippen LogP contribution in [0.2, 0.25) is 5.02 Å². The lowest BCUT2D eigenvalue weighted by Crippen LogP contribution is -2.07. The second-order valence-corrected chi connectivity index (χ2v) is 5.58. The predicted molar refractivity (Wildman–Crippen MR) is 78.8 cm³/mol. The predicted octanol–water partition coefficient (Wildman–Crippen LogP) is 3.82. The van der Waals surface area contributed by atoms with Crippen LogP contribution in [0, 0.1) is 0 Å². The molecule has 0 aliphatic carbocycles. The fourth-order valence-corrected chi connectivity index (χ4v) is 3.00. The van der Waals surface area contributed by atoms with Gasteiger partial charge in [-0.15, -0.1) is 11.3 Å². The number of aromatic nitrogens is 1. The molecule has 2 N–H and O–H groups in total. The van der Waals surface area contributed by atoms with Gasteiger partial charge in [0.2, 0.25) is 0 Å². The third-order valence-corrected chi connectivity index (χ3v) is 4.26. The molecule has 20 heavy (non-hydrogen) atoms. The van der Waals surface area contributed by atoms with Crippen LogP contribution in [0.1, 0.15) is 9.67 Å². The highest BCUT2D eigenvalue weighted by Crippen LogP contribution is 2.36. The van der Waals surface area contributed by atoms with E-state index in [1.165, 1.54) is 17.7 Å². The Hall–Kier alpha value is -2.11. The highest BCUT2D eigenvalue weighted by atomic mass is 35.5. The lowest BCUT2D eigenvalue weighted by molar-refractivity contribution is 0.100. The molecule has 0 radical (unpaired) electrons. The van der Waals surface area contributed by atoms with Gasteiger partial charge in [-0.05, 0) is 30.3 Å². The molecule has 1 amide bonds. The first-order valence-corrected chi connectivity index (χ1v) is 6.93. The third-order valence-electron chi connectivity index (χ3n) is 2.80. The van der Waals surface area contributed by atoms with Crippen molar-refractivity contribution in [2.45, 2.75) is 0 Å². The largest absolute Gasteiger partial charge is 0.444 e. The fraction of sp³-hybridized carbons (Fsp3) is 0. The molecule has 0 fully saturated rings. The first-order valence-electron chi connectivity index (χ1n) is 5.73. The topological polar surface area (TPSA) is 69.1 Å². The number of rotatable bonds is 3. The van der Waals surface area contributed by atoms with E-state index in [0.717, 1.165) is 16.0 Å². The average Bonchev–Trinajstić information content (AvgIpc) is 3.10. The minimum Gasteiger partial charge on any atom is -0.444 e. The standard InChI is InChI=1S/C14H9ClN2O2S/c15-10-2-1-8(11-6-17-7-19-11)5-9(10)12-3-4-13(20-12)14(16)18/h1-7H,(H2,16,18). The number of oxazole rings is 1. The molecule has 0 spiro atoms. The van der Waals surface area contributed by atoms with Crippen molar-refractivity contribution in [2.75, 3.05) is 0 Å². The van der Waals surface area contributed by atoms with Crippen molar-refractivity contribution in [3.8, 4) is 21.8 Å². The zero-order valence-corrected chi connectivity index (χ0v) is 11.7. The zero-order chi connectivity index (χ0) is 14.1. The van der Waals surface area contributed by atoms with E-state index in [-0.39, 0.29) is 0 Å². The van der Waals surface area contributed by atoms with Gasteiger partial charge in [0.1, 0.15) is 0 Å². The molecule has 0 aliphatic heterocycles. The van der Waals surface area contributed by atoms with Gasteiger partial charge >= 0.3 is 0 Å². The van der Waals surface area contributed by atoms with Crippen molar-refractivity contribution in [3.05, 3.63) is 52.8 Å².